The van der Waals surface area contributed by atoms with Crippen LogP contribution in [-0.2, 0) is 4.79 Å². The van der Waals surface area contributed by atoms with Crippen LogP contribution in [0.3, 0.4) is 0 Å². The Kier molecular flexibility index (Phi) is 2.81. The second-order valence-corrected chi connectivity index (χ2v) is 5.67. The Bertz CT molecular complexity index is 448. The van der Waals surface area contributed by atoms with Crippen LogP contribution < -0.4 is 10.6 Å². The van der Waals surface area contributed by atoms with E-state index in [1.165, 1.54) is 0 Å². The highest BCUT2D eigenvalue weighted by molar-refractivity contribution is 5.96. The van der Waals surface area contributed by atoms with E-state index >= 15 is 0 Å². The molecule has 92 valence electrons. The first kappa shape index (κ1) is 11.9. The van der Waals surface area contributed by atoms with Gasteiger partial charge < -0.3 is 10.6 Å². The smallest absolute Gasteiger partial charge is 0.226 e. The van der Waals surface area contributed by atoms with Crippen LogP contribution in [-0.4, -0.2) is 16.9 Å². The molecule has 2 N–H and O–H groups in total. The van der Waals surface area contributed by atoms with E-state index in [0.29, 0.717) is 6.42 Å². The minimum Gasteiger partial charge on any atom is -0.365 e. The van der Waals surface area contributed by atoms with Crippen LogP contribution in [0.15, 0.2) is 12.3 Å². The zero-order valence-electron chi connectivity index (χ0n) is 10.8. The quantitative estimate of drug-likeness (QED) is 0.724. The van der Waals surface area contributed by atoms with E-state index in [0.717, 1.165) is 17.1 Å². The van der Waals surface area contributed by atoms with E-state index in [-0.39, 0.29) is 17.4 Å². The third-order valence-corrected chi connectivity index (χ3v) is 3.17. The van der Waals surface area contributed by atoms with Crippen LogP contribution in [0.1, 0.15) is 32.8 Å². The molecule has 0 saturated heterocycles. The number of hydrogen-bond acceptors (Lipinski definition) is 3. The van der Waals surface area contributed by atoms with Gasteiger partial charge in [0, 0.05) is 18.7 Å². The summed E-state index contributed by atoms with van der Waals surface area (Å²) in [6.07, 6.45) is 2.23. The number of carbonyl (C=O) groups is 1. The van der Waals surface area contributed by atoms with E-state index in [9.17, 15) is 4.79 Å². The Labute approximate surface area is 102 Å². The molecular formula is C13H19N3O. The minimum absolute atomic E-state index is 0.0182. The SMILES string of the molecule is Cc1ccnc2c1NC(=O)CC(C(C)(C)C)N2. The van der Waals surface area contributed by atoms with Gasteiger partial charge in [0.15, 0.2) is 0 Å². The molecule has 1 aliphatic rings. The molecule has 1 aromatic rings. The maximum absolute atomic E-state index is 11.9. The van der Waals surface area contributed by atoms with Crippen molar-refractivity contribution in [1.29, 1.82) is 0 Å². The van der Waals surface area contributed by atoms with Gasteiger partial charge in [-0.05, 0) is 24.0 Å². The molecule has 1 amide bonds. The van der Waals surface area contributed by atoms with E-state index in [4.69, 9.17) is 0 Å². The van der Waals surface area contributed by atoms with Gasteiger partial charge in [0.25, 0.3) is 0 Å². The third kappa shape index (κ3) is 2.40. The number of hydrogen-bond donors (Lipinski definition) is 2. The zero-order valence-corrected chi connectivity index (χ0v) is 10.8. The molecule has 0 fully saturated rings. The summed E-state index contributed by atoms with van der Waals surface area (Å²) in [5, 5.41) is 6.30. The van der Waals surface area contributed by atoms with Crippen molar-refractivity contribution in [3.8, 4) is 0 Å². The van der Waals surface area contributed by atoms with Crippen LogP contribution in [0, 0.1) is 12.3 Å². The lowest BCUT2D eigenvalue weighted by Gasteiger charge is -2.30. The first-order valence-electron chi connectivity index (χ1n) is 5.90. The number of nitrogens with zero attached hydrogens (tertiary/aromatic N) is 1. The Morgan fingerprint density at radius 3 is 2.76 bits per heavy atom. The lowest BCUT2D eigenvalue weighted by molar-refractivity contribution is -0.116. The van der Waals surface area contributed by atoms with Gasteiger partial charge in [0.2, 0.25) is 5.91 Å². The fourth-order valence-electron chi connectivity index (χ4n) is 1.94. The van der Waals surface area contributed by atoms with E-state index in [1.807, 2.05) is 13.0 Å². The van der Waals surface area contributed by atoms with Crippen LogP contribution in [0.4, 0.5) is 11.5 Å². The highest BCUT2D eigenvalue weighted by atomic mass is 16.1. The topological polar surface area (TPSA) is 54.0 Å². The van der Waals surface area contributed by atoms with Crippen molar-refractivity contribution >= 4 is 17.4 Å². The van der Waals surface area contributed by atoms with Crippen molar-refractivity contribution in [3.05, 3.63) is 17.8 Å². The molecule has 0 aromatic carbocycles. The number of fused-ring (bicyclic) bond motifs is 1. The molecule has 4 heteroatoms. The summed E-state index contributed by atoms with van der Waals surface area (Å²) in [7, 11) is 0. The lowest BCUT2D eigenvalue weighted by atomic mass is 9.85. The number of anilines is 2. The lowest BCUT2D eigenvalue weighted by Crippen LogP contribution is -2.35. The van der Waals surface area contributed by atoms with E-state index in [2.05, 4.69) is 36.4 Å². The average molecular weight is 233 g/mol. The molecule has 1 aromatic heterocycles. The molecule has 17 heavy (non-hydrogen) atoms. The van der Waals surface area contributed by atoms with Crippen molar-refractivity contribution in [1.82, 2.24) is 4.98 Å². The summed E-state index contributed by atoms with van der Waals surface area (Å²) in [6, 6.07) is 2.00. The predicted molar refractivity (Wildman–Crippen MR) is 69.1 cm³/mol. The highest BCUT2D eigenvalue weighted by Gasteiger charge is 2.30. The van der Waals surface area contributed by atoms with Gasteiger partial charge in [-0.1, -0.05) is 20.8 Å². The van der Waals surface area contributed by atoms with Gasteiger partial charge >= 0.3 is 0 Å². The monoisotopic (exact) mass is 233 g/mol. The summed E-state index contributed by atoms with van der Waals surface area (Å²) in [6.45, 7) is 8.34. The molecule has 1 unspecified atom stereocenters. The maximum Gasteiger partial charge on any atom is 0.226 e. The number of nitrogens with one attached hydrogen (secondary N) is 2. The van der Waals surface area contributed by atoms with Gasteiger partial charge in [-0.2, -0.15) is 0 Å². The minimum atomic E-state index is 0.0182. The fraction of sp³-hybridized carbons (Fsp3) is 0.538. The Balaban J connectivity index is 2.41. The van der Waals surface area contributed by atoms with Gasteiger partial charge in [-0.3, -0.25) is 4.79 Å². The van der Waals surface area contributed by atoms with Gasteiger partial charge in [-0.25, -0.2) is 4.98 Å². The molecule has 0 radical (unpaired) electrons. The molecule has 0 aliphatic carbocycles. The normalized spacial score (nSPS) is 20.0. The Hall–Kier alpha value is -1.58. The standard InChI is InChI=1S/C13H19N3O/c1-8-5-6-14-12-11(8)16-10(17)7-9(15-12)13(2,3)4/h5-6,9H,7H2,1-4H3,(H,14,15)(H,16,17). The molecule has 0 bridgehead atoms. The van der Waals surface area contributed by atoms with Crippen LogP contribution in [0.5, 0.6) is 0 Å². The van der Waals surface area contributed by atoms with Crippen molar-refractivity contribution in [2.24, 2.45) is 5.41 Å². The van der Waals surface area contributed by atoms with Gasteiger partial charge in [0.05, 0.1) is 5.69 Å². The van der Waals surface area contributed by atoms with Crippen molar-refractivity contribution in [2.45, 2.75) is 40.2 Å². The molecule has 2 heterocycles. The molecule has 4 nitrogen and oxygen atoms in total. The first-order chi connectivity index (χ1) is 7.88. The summed E-state index contributed by atoms with van der Waals surface area (Å²) >= 11 is 0. The molecule has 1 atom stereocenters. The summed E-state index contributed by atoms with van der Waals surface area (Å²) in [4.78, 5) is 16.2. The number of carbonyl (C=O) groups excluding carboxylic acids is 1. The van der Waals surface area contributed by atoms with Crippen LogP contribution >= 0.6 is 0 Å². The number of rotatable bonds is 0. The Morgan fingerprint density at radius 2 is 2.12 bits per heavy atom. The average Bonchev–Trinajstić information content (AvgIpc) is 2.37. The van der Waals surface area contributed by atoms with Crippen molar-refractivity contribution < 1.29 is 4.79 Å². The predicted octanol–water partition coefficient (Wildman–Crippen LogP) is 2.56. The summed E-state index contributed by atoms with van der Waals surface area (Å²) < 4.78 is 0. The number of aromatic nitrogens is 1. The van der Waals surface area contributed by atoms with Crippen molar-refractivity contribution in [3.63, 3.8) is 0 Å². The highest BCUT2D eigenvalue weighted by Crippen LogP contribution is 2.32. The molecule has 0 spiro atoms. The van der Waals surface area contributed by atoms with E-state index in [1.54, 1.807) is 6.20 Å². The molecule has 0 saturated carbocycles. The summed E-state index contributed by atoms with van der Waals surface area (Å²) in [5.41, 5.74) is 1.86. The van der Waals surface area contributed by atoms with E-state index < -0.39 is 0 Å². The number of pyridine rings is 1. The van der Waals surface area contributed by atoms with Crippen LogP contribution in [0.25, 0.3) is 0 Å². The molecular weight excluding hydrogens is 214 g/mol. The summed E-state index contributed by atoms with van der Waals surface area (Å²) in [5.74, 6) is 0.822. The largest absolute Gasteiger partial charge is 0.365 e. The zero-order chi connectivity index (χ0) is 12.6. The number of aryl methyl sites for hydroxylation is 1. The second-order valence-electron chi connectivity index (χ2n) is 5.67. The van der Waals surface area contributed by atoms with Crippen LogP contribution in [0.2, 0.25) is 0 Å². The fourth-order valence-corrected chi connectivity index (χ4v) is 1.94. The molecule has 2 rings (SSSR count). The Morgan fingerprint density at radius 1 is 1.41 bits per heavy atom. The van der Waals surface area contributed by atoms with Gasteiger partial charge in [0.1, 0.15) is 5.82 Å². The molecule has 1 aliphatic heterocycles. The van der Waals surface area contributed by atoms with Gasteiger partial charge in [-0.15, -0.1) is 0 Å². The number of amides is 1. The third-order valence-electron chi connectivity index (χ3n) is 3.17. The van der Waals surface area contributed by atoms with Crippen molar-refractivity contribution in [2.75, 3.05) is 10.6 Å². The first-order valence-corrected chi connectivity index (χ1v) is 5.90. The maximum atomic E-state index is 11.9. The second kappa shape index (κ2) is 4.02.